The third-order valence-electron chi connectivity index (χ3n) is 2.45. The van der Waals surface area contributed by atoms with Crippen LogP contribution in [0.2, 0.25) is 0 Å². The second kappa shape index (κ2) is 4.97. The zero-order valence-electron chi connectivity index (χ0n) is 8.64. The van der Waals surface area contributed by atoms with Crippen LogP contribution in [0.15, 0.2) is 0 Å². The van der Waals surface area contributed by atoms with Gasteiger partial charge in [0.05, 0.1) is 6.10 Å². The highest BCUT2D eigenvalue weighted by Gasteiger charge is 2.27. The molecule has 1 heterocycles. The fourth-order valence-corrected chi connectivity index (χ4v) is 1.51. The lowest BCUT2D eigenvalue weighted by Gasteiger charge is -2.19. The Balaban J connectivity index is 2.44. The number of hydrogen-bond donors (Lipinski definition) is 3. The molecule has 1 aliphatic heterocycles. The summed E-state index contributed by atoms with van der Waals surface area (Å²) in [6.45, 7) is 2.45. The van der Waals surface area contributed by atoms with Gasteiger partial charge in [-0.3, -0.25) is 0 Å². The molecule has 0 aromatic heterocycles. The van der Waals surface area contributed by atoms with E-state index in [1.54, 1.807) is 6.92 Å². The number of carbonyl (C=O) groups excluding carboxylic acids is 1. The minimum absolute atomic E-state index is 0.280. The number of nitrogens with zero attached hydrogens (tertiary/aromatic N) is 1. The molecule has 1 saturated heterocycles. The average Bonchev–Trinajstić information content (AvgIpc) is 2.60. The first-order valence-corrected chi connectivity index (χ1v) is 5.01. The summed E-state index contributed by atoms with van der Waals surface area (Å²) in [6, 6.07) is -1.27. The highest BCUT2D eigenvalue weighted by molar-refractivity contribution is 5.82. The van der Waals surface area contributed by atoms with Gasteiger partial charge in [0.2, 0.25) is 0 Å². The SMILES string of the molecule is CC[C@@H](NC(=O)N1CCC(O)C1)C(=O)O. The molecule has 1 fully saturated rings. The topological polar surface area (TPSA) is 89.9 Å². The zero-order chi connectivity index (χ0) is 11.4. The Morgan fingerprint density at radius 2 is 2.27 bits per heavy atom. The number of hydrogen-bond acceptors (Lipinski definition) is 3. The van der Waals surface area contributed by atoms with Crippen LogP contribution in [0.4, 0.5) is 4.79 Å². The van der Waals surface area contributed by atoms with E-state index in [4.69, 9.17) is 5.11 Å². The van der Waals surface area contributed by atoms with E-state index in [1.165, 1.54) is 4.90 Å². The van der Waals surface area contributed by atoms with Crippen molar-refractivity contribution in [2.75, 3.05) is 13.1 Å². The second-order valence-corrected chi connectivity index (χ2v) is 3.64. The number of amides is 2. The Morgan fingerprint density at radius 3 is 2.67 bits per heavy atom. The van der Waals surface area contributed by atoms with Gasteiger partial charge in [0.15, 0.2) is 0 Å². The average molecular weight is 216 g/mol. The standard InChI is InChI=1S/C9H16N2O4/c1-2-7(8(13)14)10-9(15)11-4-3-6(12)5-11/h6-7,12H,2-5H2,1H3,(H,10,15)(H,13,14)/t6?,7-/m1/s1. The summed E-state index contributed by atoms with van der Waals surface area (Å²) in [5, 5.41) is 20.4. The molecule has 15 heavy (non-hydrogen) atoms. The number of carboxylic acid groups (broad SMARTS) is 1. The molecule has 3 N–H and O–H groups in total. The van der Waals surface area contributed by atoms with Gasteiger partial charge in [-0.25, -0.2) is 9.59 Å². The molecular formula is C9H16N2O4. The minimum atomic E-state index is -1.04. The van der Waals surface area contributed by atoms with Crippen LogP contribution in [-0.4, -0.2) is 52.3 Å². The van der Waals surface area contributed by atoms with Crippen molar-refractivity contribution in [2.24, 2.45) is 0 Å². The summed E-state index contributed by atoms with van der Waals surface area (Å²) < 4.78 is 0. The molecule has 0 bridgehead atoms. The molecule has 0 radical (unpaired) electrons. The number of rotatable bonds is 3. The molecule has 1 aliphatic rings. The Hall–Kier alpha value is -1.30. The summed E-state index contributed by atoms with van der Waals surface area (Å²) in [6.07, 6.45) is 0.412. The van der Waals surface area contributed by atoms with Gasteiger partial charge in [0.25, 0.3) is 0 Å². The second-order valence-electron chi connectivity index (χ2n) is 3.64. The number of aliphatic hydroxyl groups excluding tert-OH is 1. The van der Waals surface area contributed by atoms with Gasteiger partial charge in [-0.2, -0.15) is 0 Å². The van der Waals surface area contributed by atoms with Crippen molar-refractivity contribution in [2.45, 2.75) is 31.9 Å². The van der Waals surface area contributed by atoms with Crippen molar-refractivity contribution in [3.05, 3.63) is 0 Å². The van der Waals surface area contributed by atoms with E-state index in [2.05, 4.69) is 5.32 Å². The van der Waals surface area contributed by atoms with Crippen LogP contribution >= 0.6 is 0 Å². The van der Waals surface area contributed by atoms with E-state index in [9.17, 15) is 14.7 Å². The van der Waals surface area contributed by atoms with Crippen molar-refractivity contribution in [1.82, 2.24) is 10.2 Å². The van der Waals surface area contributed by atoms with Gasteiger partial charge in [0, 0.05) is 13.1 Å². The highest BCUT2D eigenvalue weighted by Crippen LogP contribution is 2.08. The van der Waals surface area contributed by atoms with Crippen molar-refractivity contribution >= 4 is 12.0 Å². The zero-order valence-corrected chi connectivity index (χ0v) is 8.64. The van der Waals surface area contributed by atoms with Crippen LogP contribution in [-0.2, 0) is 4.79 Å². The molecule has 0 aliphatic carbocycles. The summed E-state index contributed by atoms with van der Waals surface area (Å²) in [7, 11) is 0. The molecule has 0 aromatic rings. The first kappa shape index (κ1) is 11.8. The van der Waals surface area contributed by atoms with Crippen LogP contribution in [0.3, 0.4) is 0 Å². The van der Waals surface area contributed by atoms with Gasteiger partial charge in [-0.1, -0.05) is 6.92 Å². The minimum Gasteiger partial charge on any atom is -0.480 e. The van der Waals surface area contributed by atoms with Crippen molar-refractivity contribution in [3.63, 3.8) is 0 Å². The fourth-order valence-electron chi connectivity index (χ4n) is 1.51. The molecule has 2 amide bonds. The molecule has 0 saturated carbocycles. The Morgan fingerprint density at radius 1 is 1.60 bits per heavy atom. The van der Waals surface area contributed by atoms with Gasteiger partial charge in [-0.05, 0) is 12.8 Å². The van der Waals surface area contributed by atoms with Gasteiger partial charge < -0.3 is 20.4 Å². The molecule has 2 atom stereocenters. The summed E-state index contributed by atoms with van der Waals surface area (Å²) in [5.74, 6) is -1.04. The lowest BCUT2D eigenvalue weighted by atomic mass is 10.2. The van der Waals surface area contributed by atoms with Crippen LogP contribution in [0.1, 0.15) is 19.8 Å². The maximum atomic E-state index is 11.5. The quantitative estimate of drug-likeness (QED) is 0.600. The van der Waals surface area contributed by atoms with E-state index in [-0.39, 0.29) is 6.54 Å². The number of carbonyl (C=O) groups is 2. The number of likely N-dealkylation sites (tertiary alicyclic amines) is 1. The smallest absolute Gasteiger partial charge is 0.326 e. The fraction of sp³-hybridized carbons (Fsp3) is 0.778. The van der Waals surface area contributed by atoms with Gasteiger partial charge in [0.1, 0.15) is 6.04 Å². The van der Waals surface area contributed by atoms with Crippen molar-refractivity contribution in [3.8, 4) is 0 Å². The Labute approximate surface area is 87.9 Å². The summed E-state index contributed by atoms with van der Waals surface area (Å²) in [4.78, 5) is 23.6. The Bertz CT molecular complexity index is 256. The molecule has 6 nitrogen and oxygen atoms in total. The van der Waals surface area contributed by atoms with Gasteiger partial charge >= 0.3 is 12.0 Å². The highest BCUT2D eigenvalue weighted by atomic mass is 16.4. The Kier molecular flexibility index (Phi) is 3.90. The van der Waals surface area contributed by atoms with Crippen LogP contribution < -0.4 is 5.32 Å². The van der Waals surface area contributed by atoms with E-state index in [1.807, 2.05) is 0 Å². The van der Waals surface area contributed by atoms with E-state index >= 15 is 0 Å². The molecule has 0 spiro atoms. The van der Waals surface area contributed by atoms with Crippen LogP contribution in [0.5, 0.6) is 0 Å². The molecule has 1 rings (SSSR count). The number of aliphatic carboxylic acids is 1. The third kappa shape index (κ3) is 3.09. The first-order chi connectivity index (χ1) is 7.04. The monoisotopic (exact) mass is 216 g/mol. The third-order valence-corrected chi connectivity index (χ3v) is 2.45. The predicted molar refractivity (Wildman–Crippen MR) is 52.4 cm³/mol. The first-order valence-electron chi connectivity index (χ1n) is 5.01. The lowest BCUT2D eigenvalue weighted by molar-refractivity contribution is -0.139. The summed E-state index contributed by atoms with van der Waals surface area (Å²) >= 11 is 0. The van der Waals surface area contributed by atoms with Crippen LogP contribution in [0, 0.1) is 0 Å². The summed E-state index contributed by atoms with van der Waals surface area (Å²) in [5.41, 5.74) is 0. The normalized spacial score (nSPS) is 22.5. The largest absolute Gasteiger partial charge is 0.480 e. The van der Waals surface area contributed by atoms with Crippen LogP contribution in [0.25, 0.3) is 0 Å². The lowest BCUT2D eigenvalue weighted by Crippen LogP contribution is -2.47. The number of carboxylic acids is 1. The number of aliphatic hydroxyl groups is 1. The molecule has 86 valence electrons. The number of urea groups is 1. The van der Waals surface area contributed by atoms with Gasteiger partial charge in [-0.15, -0.1) is 0 Å². The molecule has 0 aromatic carbocycles. The molecular weight excluding hydrogens is 200 g/mol. The van der Waals surface area contributed by atoms with Crippen molar-refractivity contribution in [1.29, 1.82) is 0 Å². The van der Waals surface area contributed by atoms with E-state index in [0.29, 0.717) is 19.4 Å². The predicted octanol–water partition coefficient (Wildman–Crippen LogP) is -0.374. The number of nitrogens with one attached hydrogen (secondary N) is 1. The van der Waals surface area contributed by atoms with Crippen molar-refractivity contribution < 1.29 is 19.8 Å². The molecule has 1 unspecified atom stereocenters. The molecule has 6 heteroatoms. The van der Waals surface area contributed by atoms with E-state index < -0.39 is 24.1 Å². The maximum absolute atomic E-state index is 11.5. The number of β-amino-alcohol motifs (C(OH)–C–C–N with tert-alkyl or cyclic N) is 1. The maximum Gasteiger partial charge on any atom is 0.326 e. The van der Waals surface area contributed by atoms with E-state index in [0.717, 1.165) is 0 Å².